The molecule has 2 saturated heterocycles. The second kappa shape index (κ2) is 2.70. The number of rotatable bonds is 0. The summed E-state index contributed by atoms with van der Waals surface area (Å²) in [5, 5.41) is 4.97. The topological polar surface area (TPSA) is 67.4 Å². The van der Waals surface area contributed by atoms with Crippen LogP contribution in [0.15, 0.2) is 0 Å². The fraction of sp³-hybridized carbons (Fsp3) is 0.778. The van der Waals surface area contributed by atoms with Crippen molar-refractivity contribution < 1.29 is 14.3 Å². The lowest BCUT2D eigenvalue weighted by Gasteiger charge is -2.40. The SMILES string of the molecule is CC1(C)C[C@]2(CCO1)NC(=O)NC2=O. The molecule has 5 heteroatoms. The van der Waals surface area contributed by atoms with E-state index in [4.69, 9.17) is 4.74 Å². The van der Waals surface area contributed by atoms with Gasteiger partial charge in [-0.05, 0) is 13.8 Å². The molecule has 1 atom stereocenters. The lowest BCUT2D eigenvalue weighted by atomic mass is 9.81. The Morgan fingerprint density at radius 3 is 2.57 bits per heavy atom. The number of nitrogens with one attached hydrogen (secondary N) is 2. The third-order valence-corrected chi connectivity index (χ3v) is 2.76. The van der Waals surface area contributed by atoms with Crippen LogP contribution in [0.4, 0.5) is 4.79 Å². The van der Waals surface area contributed by atoms with Gasteiger partial charge in [0.15, 0.2) is 0 Å². The molecule has 1 spiro atoms. The smallest absolute Gasteiger partial charge is 0.322 e. The summed E-state index contributed by atoms with van der Waals surface area (Å²) in [5.74, 6) is -0.223. The third kappa shape index (κ3) is 1.37. The summed E-state index contributed by atoms with van der Waals surface area (Å²) in [4.78, 5) is 22.7. The van der Waals surface area contributed by atoms with Crippen LogP contribution in [0.2, 0.25) is 0 Å². The Bertz CT molecular complexity index is 300. The van der Waals surface area contributed by atoms with Gasteiger partial charge in [-0.25, -0.2) is 4.79 Å². The molecule has 0 aromatic rings. The van der Waals surface area contributed by atoms with Crippen LogP contribution in [-0.2, 0) is 9.53 Å². The van der Waals surface area contributed by atoms with Crippen molar-refractivity contribution in [3.8, 4) is 0 Å². The highest BCUT2D eigenvalue weighted by Gasteiger charge is 2.51. The normalized spacial score (nSPS) is 35.6. The maximum atomic E-state index is 11.6. The first-order valence-corrected chi connectivity index (χ1v) is 4.71. The van der Waals surface area contributed by atoms with E-state index in [1.807, 2.05) is 13.8 Å². The van der Waals surface area contributed by atoms with Crippen LogP contribution in [0.1, 0.15) is 26.7 Å². The maximum absolute atomic E-state index is 11.6. The van der Waals surface area contributed by atoms with E-state index in [2.05, 4.69) is 10.6 Å². The van der Waals surface area contributed by atoms with E-state index in [0.717, 1.165) is 0 Å². The van der Waals surface area contributed by atoms with E-state index in [0.29, 0.717) is 19.4 Å². The molecule has 2 heterocycles. The van der Waals surface area contributed by atoms with Gasteiger partial charge in [-0.2, -0.15) is 0 Å². The summed E-state index contributed by atoms with van der Waals surface area (Å²) in [6.07, 6.45) is 1.07. The molecule has 0 aromatic heterocycles. The number of ether oxygens (including phenoxy) is 1. The van der Waals surface area contributed by atoms with Gasteiger partial charge in [-0.15, -0.1) is 0 Å². The van der Waals surface area contributed by atoms with Crippen molar-refractivity contribution in [2.75, 3.05) is 6.61 Å². The van der Waals surface area contributed by atoms with E-state index in [9.17, 15) is 9.59 Å². The highest BCUT2D eigenvalue weighted by Crippen LogP contribution is 2.33. The monoisotopic (exact) mass is 198 g/mol. The molecular formula is C9H14N2O3. The van der Waals surface area contributed by atoms with Gasteiger partial charge < -0.3 is 10.1 Å². The van der Waals surface area contributed by atoms with Crippen molar-refractivity contribution in [3.05, 3.63) is 0 Å². The molecule has 2 aliphatic rings. The van der Waals surface area contributed by atoms with Crippen molar-refractivity contribution in [2.45, 2.75) is 37.8 Å². The number of urea groups is 1. The number of amides is 3. The van der Waals surface area contributed by atoms with Gasteiger partial charge in [0.1, 0.15) is 5.54 Å². The lowest BCUT2D eigenvalue weighted by Crippen LogP contribution is -2.56. The molecule has 2 aliphatic heterocycles. The Morgan fingerprint density at radius 2 is 2.07 bits per heavy atom. The minimum Gasteiger partial charge on any atom is -0.375 e. The number of imide groups is 1. The minimum atomic E-state index is -0.737. The molecule has 2 fully saturated rings. The molecule has 14 heavy (non-hydrogen) atoms. The summed E-state index contributed by atoms with van der Waals surface area (Å²) in [6, 6.07) is -0.396. The molecular weight excluding hydrogens is 184 g/mol. The number of carbonyl (C=O) groups excluding carboxylic acids is 2. The van der Waals surface area contributed by atoms with Gasteiger partial charge in [0.05, 0.1) is 12.2 Å². The van der Waals surface area contributed by atoms with Crippen LogP contribution in [0.3, 0.4) is 0 Å². The van der Waals surface area contributed by atoms with Crippen LogP contribution in [0.25, 0.3) is 0 Å². The summed E-state index contributed by atoms with van der Waals surface area (Å²) in [5.41, 5.74) is -1.09. The first-order chi connectivity index (χ1) is 6.44. The van der Waals surface area contributed by atoms with E-state index in [1.54, 1.807) is 0 Å². The highest BCUT2D eigenvalue weighted by atomic mass is 16.5. The second-order valence-corrected chi connectivity index (χ2v) is 4.53. The fourth-order valence-electron chi connectivity index (χ4n) is 2.20. The molecule has 0 aromatic carbocycles. The van der Waals surface area contributed by atoms with Gasteiger partial charge >= 0.3 is 6.03 Å². The Labute approximate surface area is 82.2 Å². The molecule has 78 valence electrons. The van der Waals surface area contributed by atoms with E-state index in [-0.39, 0.29) is 11.5 Å². The van der Waals surface area contributed by atoms with Crippen LogP contribution >= 0.6 is 0 Å². The van der Waals surface area contributed by atoms with Crippen LogP contribution in [0.5, 0.6) is 0 Å². The maximum Gasteiger partial charge on any atom is 0.322 e. The summed E-state index contributed by atoms with van der Waals surface area (Å²) in [7, 11) is 0. The quantitative estimate of drug-likeness (QED) is 0.544. The third-order valence-electron chi connectivity index (χ3n) is 2.76. The van der Waals surface area contributed by atoms with Crippen molar-refractivity contribution >= 4 is 11.9 Å². The summed E-state index contributed by atoms with van der Waals surface area (Å²) in [6.45, 7) is 4.35. The van der Waals surface area contributed by atoms with Gasteiger partial charge in [0.2, 0.25) is 0 Å². The Balaban J connectivity index is 2.24. The van der Waals surface area contributed by atoms with Crippen LogP contribution < -0.4 is 10.6 Å². The van der Waals surface area contributed by atoms with Gasteiger partial charge in [0, 0.05) is 12.8 Å². The Morgan fingerprint density at radius 1 is 1.36 bits per heavy atom. The lowest BCUT2D eigenvalue weighted by molar-refractivity contribution is -0.136. The zero-order valence-electron chi connectivity index (χ0n) is 8.35. The average Bonchev–Trinajstić information content (AvgIpc) is 2.24. The molecule has 5 nitrogen and oxygen atoms in total. The van der Waals surface area contributed by atoms with Gasteiger partial charge in [-0.1, -0.05) is 0 Å². The number of carbonyl (C=O) groups is 2. The first kappa shape index (κ1) is 9.45. The zero-order chi connectivity index (χ0) is 10.4. The zero-order valence-corrected chi connectivity index (χ0v) is 8.35. The summed E-state index contributed by atoms with van der Waals surface area (Å²) < 4.78 is 5.50. The minimum absolute atomic E-state index is 0.223. The molecule has 2 N–H and O–H groups in total. The van der Waals surface area contributed by atoms with E-state index in [1.165, 1.54) is 0 Å². The molecule has 3 amide bonds. The van der Waals surface area contributed by atoms with Crippen molar-refractivity contribution in [3.63, 3.8) is 0 Å². The molecule has 0 bridgehead atoms. The fourth-order valence-corrected chi connectivity index (χ4v) is 2.20. The molecule has 0 saturated carbocycles. The van der Waals surface area contributed by atoms with Crippen LogP contribution in [0, 0.1) is 0 Å². The molecule has 0 aliphatic carbocycles. The molecule has 2 rings (SSSR count). The van der Waals surface area contributed by atoms with Gasteiger partial charge in [-0.3, -0.25) is 10.1 Å². The predicted octanol–water partition coefficient (Wildman–Crippen LogP) is 0.154. The van der Waals surface area contributed by atoms with Crippen LogP contribution in [-0.4, -0.2) is 29.7 Å². The van der Waals surface area contributed by atoms with Gasteiger partial charge in [0.25, 0.3) is 5.91 Å². The van der Waals surface area contributed by atoms with Crippen molar-refractivity contribution in [1.82, 2.24) is 10.6 Å². The Kier molecular flexibility index (Phi) is 1.82. The van der Waals surface area contributed by atoms with Crippen molar-refractivity contribution in [1.29, 1.82) is 0 Å². The van der Waals surface area contributed by atoms with E-state index < -0.39 is 11.6 Å². The number of hydrogen-bond donors (Lipinski definition) is 2. The molecule has 0 unspecified atom stereocenters. The second-order valence-electron chi connectivity index (χ2n) is 4.53. The summed E-state index contributed by atoms with van der Waals surface area (Å²) >= 11 is 0. The first-order valence-electron chi connectivity index (χ1n) is 4.71. The highest BCUT2D eigenvalue weighted by molar-refractivity contribution is 6.07. The Hall–Kier alpha value is -1.10. The van der Waals surface area contributed by atoms with Crippen molar-refractivity contribution in [2.24, 2.45) is 0 Å². The predicted molar refractivity (Wildman–Crippen MR) is 48.7 cm³/mol. The standard InChI is InChI=1S/C9H14N2O3/c1-8(2)5-9(3-4-14-8)6(12)10-7(13)11-9/h3-5H2,1-2H3,(H2,10,11,12,13)/t9-/m0/s1. The van der Waals surface area contributed by atoms with E-state index >= 15 is 0 Å². The largest absolute Gasteiger partial charge is 0.375 e. The average molecular weight is 198 g/mol. The number of hydrogen-bond acceptors (Lipinski definition) is 3. The molecule has 0 radical (unpaired) electrons.